The van der Waals surface area contributed by atoms with Crippen molar-refractivity contribution in [1.29, 1.82) is 0 Å². The minimum Gasteiger partial charge on any atom is -0.364 e. The Hall–Kier alpha value is -2.62. The van der Waals surface area contributed by atoms with Crippen molar-refractivity contribution < 1.29 is 8.78 Å². The first-order valence-electron chi connectivity index (χ1n) is 8.63. The van der Waals surface area contributed by atoms with E-state index >= 15 is 0 Å². The first kappa shape index (κ1) is 18.7. The second-order valence-electron chi connectivity index (χ2n) is 6.34. The van der Waals surface area contributed by atoms with Crippen LogP contribution in [0.3, 0.4) is 0 Å². The van der Waals surface area contributed by atoms with Gasteiger partial charge in [0.15, 0.2) is 5.65 Å². The van der Waals surface area contributed by atoms with E-state index < -0.39 is 5.82 Å². The molecular weight excluding hydrogens is 475 g/mol. The van der Waals surface area contributed by atoms with E-state index in [0.29, 0.717) is 27.0 Å². The van der Waals surface area contributed by atoms with Gasteiger partial charge in [-0.25, -0.2) is 23.7 Å². The number of hydrogen-bond acceptors (Lipinski definition) is 4. The Kier molecular flexibility index (Phi) is 5.21. The Bertz CT molecular complexity index is 1130. The Morgan fingerprint density at radius 3 is 2.64 bits per heavy atom. The van der Waals surface area contributed by atoms with Crippen LogP contribution < -0.4 is 5.32 Å². The molecule has 28 heavy (non-hydrogen) atoms. The Morgan fingerprint density at radius 1 is 1.11 bits per heavy atom. The standard InChI is InChI=1S/C20H16F2IN5/c1-11(12-2-4-13(21)5-3-12)26-17-7-6-16(22)18(28-17)15-10-25-20-19(15)27-14(8-23)9-24-20/h2-7,9-11H,8H2,1H3,(H,24,25)(H,26,28)/t11-/m0/s1. The zero-order chi connectivity index (χ0) is 19.7. The highest BCUT2D eigenvalue weighted by atomic mass is 127. The molecule has 0 spiro atoms. The van der Waals surface area contributed by atoms with Gasteiger partial charge in [-0.2, -0.15) is 0 Å². The quantitative estimate of drug-likeness (QED) is 0.290. The SMILES string of the molecule is C[C@H](Nc1ccc(F)c(-c2c[nH]c3ncc(CI)nc23)n1)c1ccc(F)cc1. The predicted octanol–water partition coefficient (Wildman–Crippen LogP) is 5.41. The van der Waals surface area contributed by atoms with Crippen molar-refractivity contribution in [1.82, 2.24) is 19.9 Å². The number of rotatable bonds is 5. The summed E-state index contributed by atoms with van der Waals surface area (Å²) < 4.78 is 28.4. The van der Waals surface area contributed by atoms with Gasteiger partial charge in [0.2, 0.25) is 0 Å². The molecule has 0 fully saturated rings. The number of anilines is 1. The van der Waals surface area contributed by atoms with E-state index in [4.69, 9.17) is 0 Å². The number of hydrogen-bond donors (Lipinski definition) is 2. The summed E-state index contributed by atoms with van der Waals surface area (Å²) in [7, 11) is 0. The molecule has 4 aromatic rings. The third-order valence-corrected chi connectivity index (χ3v) is 5.18. The van der Waals surface area contributed by atoms with Crippen molar-refractivity contribution in [3.8, 4) is 11.3 Å². The van der Waals surface area contributed by atoms with Crippen molar-refractivity contribution >= 4 is 39.6 Å². The van der Waals surface area contributed by atoms with Gasteiger partial charge in [0.25, 0.3) is 0 Å². The van der Waals surface area contributed by atoms with Crippen LogP contribution in [0.25, 0.3) is 22.4 Å². The van der Waals surface area contributed by atoms with Crippen LogP contribution in [0.1, 0.15) is 24.2 Å². The molecule has 1 atom stereocenters. The monoisotopic (exact) mass is 491 g/mol. The first-order valence-corrected chi connectivity index (χ1v) is 10.2. The number of benzene rings is 1. The van der Waals surface area contributed by atoms with Crippen molar-refractivity contribution in [2.24, 2.45) is 0 Å². The summed E-state index contributed by atoms with van der Waals surface area (Å²) in [5, 5.41) is 3.23. The fraction of sp³-hybridized carbons (Fsp3) is 0.150. The van der Waals surface area contributed by atoms with Crippen LogP contribution in [0.2, 0.25) is 0 Å². The number of halogens is 3. The van der Waals surface area contributed by atoms with Crippen LogP contribution in [0.4, 0.5) is 14.6 Å². The third-order valence-electron chi connectivity index (χ3n) is 4.40. The van der Waals surface area contributed by atoms with Gasteiger partial charge in [0.05, 0.1) is 11.9 Å². The molecule has 2 N–H and O–H groups in total. The number of pyridine rings is 1. The van der Waals surface area contributed by atoms with Crippen LogP contribution in [0, 0.1) is 11.6 Å². The second kappa shape index (κ2) is 7.78. The Balaban J connectivity index is 1.69. The van der Waals surface area contributed by atoms with Crippen LogP contribution in [0.15, 0.2) is 48.8 Å². The van der Waals surface area contributed by atoms with Crippen molar-refractivity contribution in [2.75, 3.05) is 5.32 Å². The fourth-order valence-corrected chi connectivity index (χ4v) is 3.31. The Morgan fingerprint density at radius 2 is 1.89 bits per heavy atom. The molecule has 0 aliphatic rings. The molecule has 142 valence electrons. The predicted molar refractivity (Wildman–Crippen MR) is 113 cm³/mol. The number of nitrogens with one attached hydrogen (secondary N) is 2. The highest BCUT2D eigenvalue weighted by Gasteiger charge is 2.16. The summed E-state index contributed by atoms with van der Waals surface area (Å²) >= 11 is 2.21. The van der Waals surface area contributed by atoms with Gasteiger partial charge >= 0.3 is 0 Å². The van der Waals surface area contributed by atoms with Crippen molar-refractivity contribution in [3.05, 3.63) is 71.7 Å². The zero-order valence-electron chi connectivity index (χ0n) is 14.9. The fourth-order valence-electron chi connectivity index (χ4n) is 2.94. The maximum absolute atomic E-state index is 14.6. The molecule has 0 radical (unpaired) electrons. The third kappa shape index (κ3) is 3.68. The van der Waals surface area contributed by atoms with Gasteiger partial charge in [0, 0.05) is 22.2 Å². The number of nitrogens with zero attached hydrogens (tertiary/aromatic N) is 3. The van der Waals surface area contributed by atoms with Gasteiger partial charge < -0.3 is 10.3 Å². The lowest BCUT2D eigenvalue weighted by Crippen LogP contribution is -2.08. The van der Waals surface area contributed by atoms with Gasteiger partial charge in [-0.15, -0.1) is 0 Å². The largest absolute Gasteiger partial charge is 0.364 e. The molecular formula is C20H16F2IN5. The minimum absolute atomic E-state index is 0.125. The van der Waals surface area contributed by atoms with Gasteiger partial charge in [-0.05, 0) is 36.8 Å². The molecule has 0 saturated carbocycles. The topological polar surface area (TPSA) is 66.5 Å². The maximum atomic E-state index is 14.6. The normalized spacial score (nSPS) is 12.3. The lowest BCUT2D eigenvalue weighted by atomic mass is 10.1. The van der Waals surface area contributed by atoms with Crippen molar-refractivity contribution in [2.45, 2.75) is 17.4 Å². The van der Waals surface area contributed by atoms with Crippen molar-refractivity contribution in [3.63, 3.8) is 0 Å². The Labute approximate surface area is 173 Å². The molecule has 0 aliphatic carbocycles. The van der Waals surface area contributed by atoms with Crippen LogP contribution >= 0.6 is 22.6 Å². The molecule has 4 rings (SSSR count). The van der Waals surface area contributed by atoms with E-state index in [-0.39, 0.29) is 17.6 Å². The maximum Gasteiger partial charge on any atom is 0.156 e. The van der Waals surface area contributed by atoms with E-state index in [1.807, 2.05) is 6.92 Å². The molecule has 3 heterocycles. The summed E-state index contributed by atoms with van der Waals surface area (Å²) in [6, 6.07) is 9.06. The molecule has 0 unspecified atom stereocenters. The van der Waals surface area contributed by atoms with Crippen LogP contribution in [-0.2, 0) is 4.43 Å². The second-order valence-corrected chi connectivity index (χ2v) is 7.10. The molecule has 0 aliphatic heterocycles. The van der Waals surface area contributed by atoms with Crippen LogP contribution in [-0.4, -0.2) is 19.9 Å². The molecule has 8 heteroatoms. The van der Waals surface area contributed by atoms with Gasteiger partial charge in [-0.3, -0.25) is 0 Å². The first-order chi connectivity index (χ1) is 13.5. The smallest absolute Gasteiger partial charge is 0.156 e. The molecule has 5 nitrogen and oxygen atoms in total. The number of fused-ring (bicyclic) bond motifs is 1. The molecule has 0 amide bonds. The zero-order valence-corrected chi connectivity index (χ0v) is 17.0. The van der Waals surface area contributed by atoms with E-state index in [1.54, 1.807) is 30.6 Å². The summed E-state index contributed by atoms with van der Waals surface area (Å²) in [5.41, 5.74) is 3.65. The number of H-pyrrole nitrogens is 1. The highest BCUT2D eigenvalue weighted by Crippen LogP contribution is 2.29. The summed E-state index contributed by atoms with van der Waals surface area (Å²) in [6.07, 6.45) is 3.36. The average molecular weight is 491 g/mol. The van der Waals surface area contributed by atoms with E-state index in [0.717, 1.165) is 11.3 Å². The van der Waals surface area contributed by atoms with Gasteiger partial charge in [0.1, 0.15) is 28.7 Å². The minimum atomic E-state index is -0.442. The summed E-state index contributed by atoms with van der Waals surface area (Å²) in [5.74, 6) is -0.215. The molecule has 0 saturated heterocycles. The number of aromatic amines is 1. The van der Waals surface area contributed by atoms with E-state index in [2.05, 4.69) is 47.8 Å². The molecule has 1 aromatic carbocycles. The lowest BCUT2D eigenvalue weighted by Gasteiger charge is -2.15. The number of aromatic nitrogens is 4. The number of alkyl halides is 1. The van der Waals surface area contributed by atoms with E-state index in [1.165, 1.54) is 18.2 Å². The molecule has 3 aromatic heterocycles. The summed E-state index contributed by atoms with van der Waals surface area (Å²) in [4.78, 5) is 16.4. The van der Waals surface area contributed by atoms with Crippen LogP contribution in [0.5, 0.6) is 0 Å². The van der Waals surface area contributed by atoms with Gasteiger partial charge in [-0.1, -0.05) is 34.7 Å². The average Bonchev–Trinajstić information content (AvgIpc) is 3.12. The highest BCUT2D eigenvalue weighted by molar-refractivity contribution is 14.1. The van der Waals surface area contributed by atoms with E-state index in [9.17, 15) is 8.78 Å². The summed E-state index contributed by atoms with van der Waals surface area (Å²) in [6.45, 7) is 1.93. The lowest BCUT2D eigenvalue weighted by molar-refractivity contribution is 0.624. The molecule has 0 bridgehead atoms.